The first kappa shape index (κ1) is 19.9. The molecular formula is C22H17N3O3S2. The molecule has 150 valence electrons. The third-order valence-electron chi connectivity index (χ3n) is 4.15. The minimum absolute atomic E-state index is 0.00800. The normalized spacial score (nSPS) is 10.6. The van der Waals surface area contributed by atoms with Gasteiger partial charge in [-0.1, -0.05) is 48.5 Å². The van der Waals surface area contributed by atoms with E-state index in [0.717, 1.165) is 16.3 Å². The monoisotopic (exact) mass is 435 g/mol. The molecule has 0 spiro atoms. The summed E-state index contributed by atoms with van der Waals surface area (Å²) in [6.45, 7) is 1.49. The zero-order valence-corrected chi connectivity index (χ0v) is 17.7. The highest BCUT2D eigenvalue weighted by molar-refractivity contribution is 7.14. The third-order valence-corrected chi connectivity index (χ3v) is 5.91. The van der Waals surface area contributed by atoms with Crippen LogP contribution in [0.1, 0.15) is 23.1 Å². The maximum absolute atomic E-state index is 12.4. The number of hydrogen-bond acceptors (Lipinski definition) is 7. The number of carbonyl (C=O) groups excluding carboxylic acids is 2. The number of rotatable bonds is 6. The summed E-state index contributed by atoms with van der Waals surface area (Å²) in [7, 11) is 0. The van der Waals surface area contributed by atoms with Crippen LogP contribution >= 0.6 is 22.7 Å². The van der Waals surface area contributed by atoms with Gasteiger partial charge in [-0.15, -0.1) is 22.7 Å². The van der Waals surface area contributed by atoms with E-state index in [2.05, 4.69) is 9.97 Å². The quantitative estimate of drug-likeness (QED) is 0.384. The molecule has 0 atom stereocenters. The van der Waals surface area contributed by atoms with Gasteiger partial charge in [0.1, 0.15) is 11.6 Å². The summed E-state index contributed by atoms with van der Waals surface area (Å²) in [6.07, 6.45) is 0. The van der Waals surface area contributed by atoms with Crippen LogP contribution in [0.3, 0.4) is 0 Å². The first-order valence-electron chi connectivity index (χ1n) is 9.10. The maximum atomic E-state index is 12.4. The van der Waals surface area contributed by atoms with Gasteiger partial charge in [0.25, 0.3) is 0 Å². The Morgan fingerprint density at radius 3 is 2.33 bits per heavy atom. The molecule has 2 aromatic carbocycles. The summed E-state index contributed by atoms with van der Waals surface area (Å²) in [6, 6.07) is 19.0. The number of thiazole rings is 2. The van der Waals surface area contributed by atoms with Crippen molar-refractivity contribution in [2.24, 2.45) is 0 Å². The van der Waals surface area contributed by atoms with Gasteiger partial charge in [-0.2, -0.15) is 0 Å². The number of benzene rings is 2. The number of amides is 1. The van der Waals surface area contributed by atoms with Gasteiger partial charge in [-0.3, -0.25) is 9.69 Å². The first-order valence-corrected chi connectivity index (χ1v) is 10.9. The van der Waals surface area contributed by atoms with Crippen molar-refractivity contribution in [3.05, 3.63) is 82.8 Å². The molecule has 0 unspecified atom stereocenters. The summed E-state index contributed by atoms with van der Waals surface area (Å²) in [5.74, 6) is -0.649. The largest absolute Gasteiger partial charge is 0.454 e. The molecule has 0 fully saturated rings. The maximum Gasteiger partial charge on any atom is 0.358 e. The van der Waals surface area contributed by atoms with E-state index >= 15 is 0 Å². The average Bonchev–Trinajstić information content (AvgIpc) is 3.44. The lowest BCUT2D eigenvalue weighted by molar-refractivity contribution is -0.115. The predicted molar refractivity (Wildman–Crippen MR) is 118 cm³/mol. The molecule has 0 radical (unpaired) electrons. The van der Waals surface area contributed by atoms with Gasteiger partial charge < -0.3 is 4.74 Å². The number of carbonyl (C=O) groups is 2. The Kier molecular flexibility index (Phi) is 5.97. The second-order valence-corrected chi connectivity index (χ2v) is 7.99. The van der Waals surface area contributed by atoms with Gasteiger partial charge in [0.15, 0.2) is 10.8 Å². The van der Waals surface area contributed by atoms with Crippen molar-refractivity contribution < 1.29 is 14.3 Å². The van der Waals surface area contributed by atoms with E-state index in [1.807, 2.05) is 60.7 Å². The molecule has 0 saturated carbocycles. The fourth-order valence-electron chi connectivity index (χ4n) is 2.76. The van der Waals surface area contributed by atoms with E-state index in [9.17, 15) is 9.59 Å². The standard InChI is InChI=1S/C22H17N3O3S2/c1-15(26)25(18-10-6-3-7-11-18)22-23-17(13-30-22)12-28-21(27)19-14-29-20(24-19)16-8-4-2-5-9-16/h2-11,13-14H,12H2,1H3. The average molecular weight is 436 g/mol. The number of anilines is 2. The van der Waals surface area contributed by atoms with Gasteiger partial charge in [-0.25, -0.2) is 14.8 Å². The molecule has 0 aliphatic carbocycles. The van der Waals surface area contributed by atoms with E-state index in [0.29, 0.717) is 10.8 Å². The Bertz CT molecular complexity index is 1160. The summed E-state index contributed by atoms with van der Waals surface area (Å²) in [5, 5.41) is 4.75. The van der Waals surface area contributed by atoms with Crippen molar-refractivity contribution >= 4 is 45.4 Å². The van der Waals surface area contributed by atoms with Crippen LogP contribution in [0.4, 0.5) is 10.8 Å². The molecule has 30 heavy (non-hydrogen) atoms. The topological polar surface area (TPSA) is 72.4 Å². The number of nitrogens with zero attached hydrogens (tertiary/aromatic N) is 3. The van der Waals surface area contributed by atoms with Gasteiger partial charge in [0, 0.05) is 23.2 Å². The first-order chi connectivity index (χ1) is 14.6. The molecule has 6 nitrogen and oxygen atoms in total. The number of ether oxygens (including phenoxy) is 1. The van der Waals surface area contributed by atoms with Crippen molar-refractivity contribution in [1.82, 2.24) is 9.97 Å². The molecule has 0 N–H and O–H groups in total. The molecular weight excluding hydrogens is 418 g/mol. The van der Waals surface area contributed by atoms with Gasteiger partial charge >= 0.3 is 5.97 Å². The van der Waals surface area contributed by atoms with Gasteiger partial charge in [-0.05, 0) is 12.1 Å². The highest BCUT2D eigenvalue weighted by Gasteiger charge is 2.19. The Morgan fingerprint density at radius 2 is 1.63 bits per heavy atom. The summed E-state index contributed by atoms with van der Waals surface area (Å²) < 4.78 is 5.37. The van der Waals surface area contributed by atoms with Crippen LogP contribution in [0, 0.1) is 0 Å². The van der Waals surface area contributed by atoms with E-state index < -0.39 is 5.97 Å². The number of hydrogen-bond donors (Lipinski definition) is 0. The van der Waals surface area contributed by atoms with E-state index in [1.165, 1.54) is 34.5 Å². The van der Waals surface area contributed by atoms with Crippen LogP contribution in [0.2, 0.25) is 0 Å². The third kappa shape index (κ3) is 4.45. The van der Waals surface area contributed by atoms with Gasteiger partial charge in [0.05, 0.1) is 11.4 Å². The minimum Gasteiger partial charge on any atom is -0.454 e. The smallest absolute Gasteiger partial charge is 0.358 e. The molecule has 8 heteroatoms. The van der Waals surface area contributed by atoms with Crippen LogP contribution in [0.5, 0.6) is 0 Å². The zero-order valence-electron chi connectivity index (χ0n) is 16.0. The summed E-state index contributed by atoms with van der Waals surface area (Å²) in [5.41, 5.74) is 2.53. The molecule has 2 heterocycles. The van der Waals surface area contributed by atoms with Crippen LogP contribution in [-0.2, 0) is 16.1 Å². The second-order valence-electron chi connectivity index (χ2n) is 6.29. The van der Waals surface area contributed by atoms with Crippen molar-refractivity contribution in [3.63, 3.8) is 0 Å². The summed E-state index contributed by atoms with van der Waals surface area (Å²) in [4.78, 5) is 34.8. The predicted octanol–water partition coefficient (Wildman–Crippen LogP) is 5.31. The van der Waals surface area contributed by atoms with E-state index in [-0.39, 0.29) is 18.2 Å². The highest BCUT2D eigenvalue weighted by atomic mass is 32.1. The molecule has 4 aromatic rings. The van der Waals surface area contributed by atoms with Crippen molar-refractivity contribution in [3.8, 4) is 10.6 Å². The van der Waals surface area contributed by atoms with Crippen LogP contribution in [-0.4, -0.2) is 21.8 Å². The number of esters is 1. The molecule has 0 aliphatic heterocycles. The Morgan fingerprint density at radius 1 is 0.933 bits per heavy atom. The van der Waals surface area contributed by atoms with Crippen molar-refractivity contribution in [2.75, 3.05) is 4.90 Å². The fourth-order valence-corrected chi connectivity index (χ4v) is 4.43. The van der Waals surface area contributed by atoms with Crippen LogP contribution in [0.25, 0.3) is 10.6 Å². The molecule has 2 aromatic heterocycles. The van der Waals surface area contributed by atoms with E-state index in [4.69, 9.17) is 4.74 Å². The number of para-hydroxylation sites is 1. The SMILES string of the molecule is CC(=O)N(c1ccccc1)c1nc(COC(=O)c2csc(-c3ccccc3)n2)cs1. The number of aromatic nitrogens is 2. The summed E-state index contributed by atoms with van der Waals surface area (Å²) >= 11 is 2.71. The van der Waals surface area contributed by atoms with Crippen LogP contribution in [0.15, 0.2) is 71.4 Å². The lowest BCUT2D eigenvalue weighted by Crippen LogP contribution is -2.22. The van der Waals surface area contributed by atoms with Crippen molar-refractivity contribution in [2.45, 2.75) is 13.5 Å². The van der Waals surface area contributed by atoms with Gasteiger partial charge in [0.2, 0.25) is 5.91 Å². The second kappa shape index (κ2) is 8.98. The lowest BCUT2D eigenvalue weighted by Gasteiger charge is -2.17. The molecule has 0 bridgehead atoms. The molecule has 1 amide bonds. The Hall–Kier alpha value is -3.36. The molecule has 4 rings (SSSR count). The highest BCUT2D eigenvalue weighted by Crippen LogP contribution is 2.29. The van der Waals surface area contributed by atoms with Crippen LogP contribution < -0.4 is 4.90 Å². The Labute approximate surface area is 181 Å². The fraction of sp³-hybridized carbons (Fsp3) is 0.0909. The molecule has 0 aliphatic rings. The Balaban J connectivity index is 1.43. The minimum atomic E-state index is -0.505. The van der Waals surface area contributed by atoms with E-state index in [1.54, 1.807) is 10.8 Å². The lowest BCUT2D eigenvalue weighted by atomic mass is 10.2. The molecule has 0 saturated heterocycles. The van der Waals surface area contributed by atoms with Crippen molar-refractivity contribution in [1.29, 1.82) is 0 Å². The zero-order chi connectivity index (χ0) is 20.9.